The van der Waals surface area contributed by atoms with E-state index in [-0.39, 0.29) is 0 Å². The molecule has 3 nitrogen and oxygen atoms in total. The number of pyridine rings is 3. The number of aryl methyl sites for hydroxylation is 6. The van der Waals surface area contributed by atoms with Gasteiger partial charge in [0, 0.05) is 40.8 Å². The van der Waals surface area contributed by atoms with E-state index in [9.17, 15) is 0 Å². The summed E-state index contributed by atoms with van der Waals surface area (Å²) in [4.78, 5) is 15.1. The number of hydrogen-bond acceptors (Lipinski definition) is 3. The van der Waals surface area contributed by atoms with Crippen LogP contribution in [0.25, 0.3) is 99.5 Å². The summed E-state index contributed by atoms with van der Waals surface area (Å²) in [5, 5.41) is 7.58. The van der Waals surface area contributed by atoms with Gasteiger partial charge in [0.05, 0.1) is 17.1 Å². The van der Waals surface area contributed by atoms with E-state index >= 15 is 0 Å². The Bertz CT molecular complexity index is 3790. The van der Waals surface area contributed by atoms with Crippen molar-refractivity contribution in [2.75, 3.05) is 0 Å². The first-order valence-electron chi connectivity index (χ1n) is 25.1. The average Bonchev–Trinajstić information content (AvgIpc) is 3.45. The first-order valence-corrected chi connectivity index (χ1v) is 25.1. The van der Waals surface area contributed by atoms with Crippen LogP contribution in [0.2, 0.25) is 0 Å². The van der Waals surface area contributed by atoms with E-state index < -0.39 is 0 Å². The molecule has 0 N–H and O–H groups in total. The van der Waals surface area contributed by atoms with E-state index in [1.54, 1.807) is 0 Å². The third kappa shape index (κ3) is 8.87. The van der Waals surface area contributed by atoms with Crippen LogP contribution in [-0.4, -0.2) is 15.0 Å². The highest BCUT2D eigenvalue weighted by Gasteiger charge is 2.18. The van der Waals surface area contributed by atoms with Crippen LogP contribution in [-0.2, 0) is 25.7 Å². The van der Waals surface area contributed by atoms with Crippen LogP contribution in [0.5, 0.6) is 0 Å². The van der Waals surface area contributed by atoms with Crippen molar-refractivity contribution in [3.05, 3.63) is 270 Å². The summed E-state index contributed by atoms with van der Waals surface area (Å²) in [6.07, 6.45) is 9.83. The lowest BCUT2D eigenvalue weighted by Gasteiger charge is -2.18. The van der Waals surface area contributed by atoms with Crippen LogP contribution >= 0.6 is 0 Å². The zero-order chi connectivity index (χ0) is 48.4. The van der Waals surface area contributed by atoms with Crippen molar-refractivity contribution in [1.29, 1.82) is 0 Å². The molecule has 3 heterocycles. The molecule has 12 rings (SSSR count). The van der Waals surface area contributed by atoms with Gasteiger partial charge < -0.3 is 0 Å². The molecule has 12 aromatic rings. The van der Waals surface area contributed by atoms with E-state index in [1.807, 2.05) is 0 Å². The summed E-state index contributed by atoms with van der Waals surface area (Å²) in [7, 11) is 0. The van der Waals surface area contributed by atoms with Crippen molar-refractivity contribution >= 4 is 32.3 Å². The Morgan fingerprint density at radius 3 is 1.18 bits per heavy atom. The van der Waals surface area contributed by atoms with Gasteiger partial charge in [-0.2, -0.15) is 0 Å². The van der Waals surface area contributed by atoms with Crippen molar-refractivity contribution in [1.82, 2.24) is 15.0 Å². The Labute approximate surface area is 422 Å². The number of rotatable bonds is 12. The molecule has 72 heavy (non-hydrogen) atoms. The maximum absolute atomic E-state index is 5.22. The van der Waals surface area contributed by atoms with E-state index in [2.05, 4.69) is 251 Å². The average molecular weight is 924 g/mol. The molecule has 0 aliphatic rings. The molecule has 0 unspecified atom stereocenters. The fourth-order valence-electron chi connectivity index (χ4n) is 10.7. The van der Waals surface area contributed by atoms with Gasteiger partial charge in [-0.25, -0.2) is 0 Å². The van der Waals surface area contributed by atoms with Crippen molar-refractivity contribution in [2.45, 2.75) is 39.5 Å². The maximum atomic E-state index is 5.22. The second kappa shape index (κ2) is 19.5. The third-order valence-electron chi connectivity index (χ3n) is 14.6. The van der Waals surface area contributed by atoms with E-state index in [0.29, 0.717) is 0 Å². The lowest BCUT2D eigenvalue weighted by molar-refractivity contribution is 0.913. The van der Waals surface area contributed by atoms with Gasteiger partial charge in [-0.05, 0) is 157 Å². The van der Waals surface area contributed by atoms with Crippen LogP contribution in [0.4, 0.5) is 0 Å². The van der Waals surface area contributed by atoms with Crippen molar-refractivity contribution in [3.8, 4) is 67.2 Å². The number of fused-ring (bicyclic) bond motifs is 6. The van der Waals surface area contributed by atoms with Crippen molar-refractivity contribution in [3.63, 3.8) is 0 Å². The molecule has 0 spiro atoms. The molecule has 0 aliphatic heterocycles. The highest BCUT2D eigenvalue weighted by Crippen LogP contribution is 2.43. The molecule has 0 saturated heterocycles. The maximum Gasteiger partial charge on any atom is 0.0708 e. The summed E-state index contributed by atoms with van der Waals surface area (Å²) in [5.74, 6) is 0. The van der Waals surface area contributed by atoms with Crippen LogP contribution in [0.1, 0.15) is 33.4 Å². The number of aromatic nitrogens is 3. The minimum Gasteiger partial charge on any atom is -0.256 e. The largest absolute Gasteiger partial charge is 0.256 e. The van der Waals surface area contributed by atoms with Gasteiger partial charge in [-0.1, -0.05) is 194 Å². The molecule has 0 bridgehead atoms. The van der Waals surface area contributed by atoms with E-state index in [4.69, 9.17) is 15.0 Å². The van der Waals surface area contributed by atoms with Gasteiger partial charge in [0.25, 0.3) is 0 Å². The molecule has 3 heteroatoms. The zero-order valence-electron chi connectivity index (χ0n) is 40.7. The third-order valence-corrected chi connectivity index (χ3v) is 14.6. The lowest BCUT2D eigenvalue weighted by atomic mass is 9.86. The summed E-state index contributed by atoms with van der Waals surface area (Å²) in [5.41, 5.74) is 21.0. The molecule has 0 fully saturated rings. The van der Waals surface area contributed by atoms with Gasteiger partial charge >= 0.3 is 0 Å². The standard InChI is InChI=1S/C69H53N3/c1-46-36-67(50-18-6-3-7-19-50)70-43-54(46)32-30-48-38-49(31-33-55-44-71-68(37-47(55)2)51-20-8-4-9-21-51)40-56(39-48)57-24-12-13-25-58(57)66-45-72-69(52-22-10-5-11-23-52)42-64(66)53-34-35-63-61-28-15-14-26-59(61)60-27-16-17-29-62(60)65(63)41-53/h3-29,34-45H,30-33H2,1-2H3. The molecule has 0 amide bonds. The van der Waals surface area contributed by atoms with Gasteiger partial charge in [0.2, 0.25) is 0 Å². The Hall–Kier alpha value is -8.79. The van der Waals surface area contributed by atoms with Crippen molar-refractivity contribution < 1.29 is 0 Å². The van der Waals surface area contributed by atoms with E-state index in [0.717, 1.165) is 81.7 Å². The van der Waals surface area contributed by atoms with Crippen LogP contribution in [0.3, 0.4) is 0 Å². The molecular formula is C69H53N3. The van der Waals surface area contributed by atoms with Gasteiger partial charge in [0.1, 0.15) is 0 Å². The Balaban J connectivity index is 0.964. The quantitative estimate of drug-likeness (QED) is 0.115. The fourth-order valence-corrected chi connectivity index (χ4v) is 10.7. The lowest BCUT2D eigenvalue weighted by Crippen LogP contribution is -2.01. The minimum absolute atomic E-state index is 0.890. The molecule has 9 aromatic carbocycles. The molecule has 344 valence electrons. The molecule has 0 saturated carbocycles. The molecular weight excluding hydrogens is 871 g/mol. The van der Waals surface area contributed by atoms with Crippen LogP contribution in [0, 0.1) is 13.8 Å². The molecule has 0 aliphatic carbocycles. The topological polar surface area (TPSA) is 38.7 Å². The summed E-state index contributed by atoms with van der Waals surface area (Å²) in [6, 6.07) is 79.1. The van der Waals surface area contributed by atoms with Crippen LogP contribution < -0.4 is 0 Å². The fraction of sp³-hybridized carbons (Fsp3) is 0.0870. The van der Waals surface area contributed by atoms with Crippen molar-refractivity contribution in [2.24, 2.45) is 0 Å². The Morgan fingerprint density at radius 1 is 0.264 bits per heavy atom. The van der Waals surface area contributed by atoms with Gasteiger partial charge in [-0.15, -0.1) is 0 Å². The second-order valence-corrected chi connectivity index (χ2v) is 19.1. The summed E-state index contributed by atoms with van der Waals surface area (Å²) in [6.45, 7) is 4.44. The van der Waals surface area contributed by atoms with Gasteiger partial charge in [-0.3, -0.25) is 15.0 Å². The number of benzene rings is 9. The smallest absolute Gasteiger partial charge is 0.0708 e. The minimum atomic E-state index is 0.890. The monoisotopic (exact) mass is 923 g/mol. The number of nitrogens with zero attached hydrogens (tertiary/aromatic N) is 3. The Kier molecular flexibility index (Phi) is 12.1. The van der Waals surface area contributed by atoms with E-state index in [1.165, 1.54) is 76.8 Å². The highest BCUT2D eigenvalue weighted by atomic mass is 14.7. The van der Waals surface area contributed by atoms with Crippen LogP contribution in [0.15, 0.2) is 237 Å². The Morgan fingerprint density at radius 2 is 0.681 bits per heavy atom. The highest BCUT2D eigenvalue weighted by molar-refractivity contribution is 6.25. The van der Waals surface area contributed by atoms with Gasteiger partial charge in [0.15, 0.2) is 0 Å². The molecule has 3 aromatic heterocycles. The predicted molar refractivity (Wildman–Crippen MR) is 302 cm³/mol. The predicted octanol–water partition coefficient (Wildman–Crippen LogP) is 17.5. The molecule has 0 atom stereocenters. The first-order chi connectivity index (χ1) is 35.5. The normalized spacial score (nSPS) is 11.4. The zero-order valence-corrected chi connectivity index (χ0v) is 40.7. The molecule has 0 radical (unpaired) electrons. The summed E-state index contributed by atoms with van der Waals surface area (Å²) < 4.78 is 0. The summed E-state index contributed by atoms with van der Waals surface area (Å²) >= 11 is 0. The number of hydrogen-bond donors (Lipinski definition) is 0. The SMILES string of the molecule is Cc1cc(-c2ccccc2)ncc1CCc1cc(CCc2cnc(-c3ccccc3)cc2C)cc(-c2ccccc2-c2cnc(-c3ccccc3)cc2-c2ccc3c4ccccc4c4ccccc4c3c2)c1. The second-order valence-electron chi connectivity index (χ2n) is 19.1. The first kappa shape index (κ1) is 44.4.